The van der Waals surface area contributed by atoms with Crippen molar-refractivity contribution in [3.05, 3.63) is 20.3 Å². The zero-order valence-electron chi connectivity index (χ0n) is 11.3. The highest BCUT2D eigenvalue weighted by Gasteiger charge is 2.18. The summed E-state index contributed by atoms with van der Waals surface area (Å²) in [4.78, 5) is 2.86. The summed E-state index contributed by atoms with van der Waals surface area (Å²) < 4.78 is 1.27. The Hall–Kier alpha value is 0.140. The number of aryl methyl sites for hydroxylation is 1. The summed E-state index contributed by atoms with van der Waals surface area (Å²) >= 11 is 5.61. The van der Waals surface area contributed by atoms with E-state index < -0.39 is 0 Å². The molecule has 0 spiro atoms. The van der Waals surface area contributed by atoms with E-state index in [-0.39, 0.29) is 0 Å². The lowest BCUT2D eigenvalue weighted by atomic mass is 9.98. The van der Waals surface area contributed by atoms with E-state index in [0.29, 0.717) is 6.04 Å². The lowest BCUT2D eigenvalue weighted by Gasteiger charge is -2.21. The third-order valence-electron chi connectivity index (χ3n) is 3.13. The molecule has 1 aromatic rings. The van der Waals surface area contributed by atoms with Crippen LogP contribution in [0.5, 0.6) is 0 Å². The van der Waals surface area contributed by atoms with Crippen LogP contribution in [0.4, 0.5) is 0 Å². The molecule has 0 aliphatic heterocycles. The number of halogens is 1. The van der Waals surface area contributed by atoms with Gasteiger partial charge in [-0.1, -0.05) is 27.2 Å². The zero-order chi connectivity index (χ0) is 12.8. The van der Waals surface area contributed by atoms with Gasteiger partial charge in [-0.3, -0.25) is 0 Å². The van der Waals surface area contributed by atoms with Gasteiger partial charge in [-0.25, -0.2) is 0 Å². The first kappa shape index (κ1) is 15.2. The molecule has 0 amide bonds. The van der Waals surface area contributed by atoms with E-state index in [1.54, 1.807) is 0 Å². The maximum Gasteiger partial charge on any atom is 0.0428 e. The molecular formula is C14H24BrNS. The maximum absolute atomic E-state index is 3.69. The number of hydrogen-bond acceptors (Lipinski definition) is 2. The summed E-state index contributed by atoms with van der Waals surface area (Å²) in [6.45, 7) is 10.1. The van der Waals surface area contributed by atoms with Crippen LogP contribution < -0.4 is 5.32 Å². The van der Waals surface area contributed by atoms with Crippen LogP contribution in [-0.4, -0.2) is 6.54 Å². The van der Waals surface area contributed by atoms with Gasteiger partial charge in [0.25, 0.3) is 0 Å². The van der Waals surface area contributed by atoms with Gasteiger partial charge in [0.05, 0.1) is 0 Å². The van der Waals surface area contributed by atoms with Crippen LogP contribution in [0.15, 0.2) is 10.5 Å². The van der Waals surface area contributed by atoms with Crippen molar-refractivity contribution in [1.29, 1.82) is 0 Å². The van der Waals surface area contributed by atoms with Gasteiger partial charge in [-0.2, -0.15) is 0 Å². The largest absolute Gasteiger partial charge is 0.309 e. The van der Waals surface area contributed by atoms with Crippen molar-refractivity contribution in [2.45, 2.75) is 53.0 Å². The van der Waals surface area contributed by atoms with Crippen LogP contribution in [0.25, 0.3) is 0 Å². The predicted molar refractivity (Wildman–Crippen MR) is 81.9 cm³/mol. The van der Waals surface area contributed by atoms with Crippen molar-refractivity contribution >= 4 is 27.3 Å². The van der Waals surface area contributed by atoms with Gasteiger partial charge in [0.2, 0.25) is 0 Å². The molecule has 0 radical (unpaired) electrons. The molecule has 0 saturated heterocycles. The normalized spacial score (nSPS) is 14.9. The quantitative estimate of drug-likeness (QED) is 0.720. The fraction of sp³-hybridized carbons (Fsp3) is 0.714. The van der Waals surface area contributed by atoms with Crippen molar-refractivity contribution in [3.63, 3.8) is 0 Å². The highest BCUT2D eigenvalue weighted by atomic mass is 79.9. The molecule has 0 aliphatic rings. The summed E-state index contributed by atoms with van der Waals surface area (Å²) in [5.74, 6) is 0.777. The van der Waals surface area contributed by atoms with E-state index >= 15 is 0 Å². The third kappa shape index (κ3) is 4.72. The molecule has 17 heavy (non-hydrogen) atoms. The predicted octanol–water partition coefficient (Wildman–Crippen LogP) is 5.30. The second-order valence-corrected chi connectivity index (χ2v) is 6.97. The molecule has 1 N–H and O–H groups in total. The lowest BCUT2D eigenvalue weighted by Crippen LogP contribution is -2.23. The van der Waals surface area contributed by atoms with Gasteiger partial charge in [0, 0.05) is 20.3 Å². The molecule has 3 heteroatoms. The monoisotopic (exact) mass is 317 g/mol. The molecule has 98 valence electrons. The number of rotatable bonds is 7. The Morgan fingerprint density at radius 1 is 1.41 bits per heavy atom. The van der Waals surface area contributed by atoms with Gasteiger partial charge in [-0.05, 0) is 54.2 Å². The molecule has 0 fully saturated rings. The van der Waals surface area contributed by atoms with Gasteiger partial charge < -0.3 is 5.32 Å². The molecule has 2 atom stereocenters. The topological polar surface area (TPSA) is 12.0 Å². The van der Waals surface area contributed by atoms with Gasteiger partial charge in [0.1, 0.15) is 0 Å². The zero-order valence-corrected chi connectivity index (χ0v) is 13.7. The molecular weight excluding hydrogens is 294 g/mol. The third-order valence-corrected chi connectivity index (χ3v) is 5.21. The molecule has 1 nitrogen and oxygen atoms in total. The molecule has 0 saturated carbocycles. The molecule has 1 aromatic heterocycles. The molecule has 2 unspecified atom stereocenters. The summed E-state index contributed by atoms with van der Waals surface area (Å²) in [6.07, 6.45) is 3.68. The standard InChI is InChI=1S/C14H24BrNS/c1-5-7-16-13(8-10(3)6-2)14-12(15)9-11(4)17-14/h9-10,13,16H,5-8H2,1-4H3. The average Bonchev–Trinajstić information content (AvgIpc) is 2.63. The second kappa shape index (κ2) is 7.55. The number of hydrogen-bond donors (Lipinski definition) is 1. The van der Waals surface area contributed by atoms with Crippen molar-refractivity contribution in [2.75, 3.05) is 6.54 Å². The van der Waals surface area contributed by atoms with Crippen molar-refractivity contribution in [2.24, 2.45) is 5.92 Å². The summed E-state index contributed by atoms with van der Waals surface area (Å²) in [5.41, 5.74) is 0. The van der Waals surface area contributed by atoms with E-state index in [1.165, 1.54) is 33.5 Å². The van der Waals surface area contributed by atoms with E-state index in [1.807, 2.05) is 11.3 Å². The summed E-state index contributed by atoms with van der Waals surface area (Å²) in [6, 6.07) is 2.75. The first-order chi connectivity index (χ1) is 8.08. The van der Waals surface area contributed by atoms with Gasteiger partial charge >= 0.3 is 0 Å². The SMILES string of the molecule is CCCNC(CC(C)CC)c1sc(C)cc1Br. The van der Waals surface area contributed by atoms with E-state index in [9.17, 15) is 0 Å². The first-order valence-electron chi connectivity index (χ1n) is 6.57. The minimum absolute atomic E-state index is 0.512. The first-order valence-corrected chi connectivity index (χ1v) is 8.18. The fourth-order valence-electron chi connectivity index (χ4n) is 1.91. The Kier molecular flexibility index (Phi) is 6.75. The van der Waals surface area contributed by atoms with Crippen LogP contribution in [-0.2, 0) is 0 Å². The van der Waals surface area contributed by atoms with Crippen molar-refractivity contribution in [3.8, 4) is 0 Å². The second-order valence-electron chi connectivity index (χ2n) is 4.83. The molecule has 0 aromatic carbocycles. The molecule has 0 bridgehead atoms. The minimum Gasteiger partial charge on any atom is -0.309 e. The fourth-order valence-corrected chi connectivity index (χ4v) is 3.93. The smallest absolute Gasteiger partial charge is 0.0428 e. The Bertz CT molecular complexity index is 335. The van der Waals surface area contributed by atoms with Crippen LogP contribution in [0.1, 0.15) is 55.8 Å². The Balaban J connectivity index is 2.77. The summed E-state index contributed by atoms with van der Waals surface area (Å²) in [5, 5.41) is 3.69. The summed E-state index contributed by atoms with van der Waals surface area (Å²) in [7, 11) is 0. The van der Waals surface area contributed by atoms with Crippen molar-refractivity contribution in [1.82, 2.24) is 5.32 Å². The highest BCUT2D eigenvalue weighted by Crippen LogP contribution is 2.35. The lowest BCUT2D eigenvalue weighted by molar-refractivity contribution is 0.406. The van der Waals surface area contributed by atoms with E-state index in [4.69, 9.17) is 0 Å². The number of thiophene rings is 1. The van der Waals surface area contributed by atoms with Crippen LogP contribution >= 0.6 is 27.3 Å². The van der Waals surface area contributed by atoms with E-state index in [2.05, 4.69) is 55.0 Å². The Morgan fingerprint density at radius 2 is 2.12 bits per heavy atom. The van der Waals surface area contributed by atoms with Crippen LogP contribution in [0.2, 0.25) is 0 Å². The Morgan fingerprint density at radius 3 is 2.59 bits per heavy atom. The molecule has 1 rings (SSSR count). The molecule has 0 aliphatic carbocycles. The maximum atomic E-state index is 3.69. The average molecular weight is 318 g/mol. The van der Waals surface area contributed by atoms with Gasteiger partial charge in [0.15, 0.2) is 0 Å². The van der Waals surface area contributed by atoms with Crippen LogP contribution in [0.3, 0.4) is 0 Å². The van der Waals surface area contributed by atoms with Crippen molar-refractivity contribution < 1.29 is 0 Å². The minimum atomic E-state index is 0.512. The highest BCUT2D eigenvalue weighted by molar-refractivity contribution is 9.10. The molecule has 1 heterocycles. The Labute approximate surface area is 118 Å². The van der Waals surface area contributed by atoms with E-state index in [0.717, 1.165) is 12.5 Å². The van der Waals surface area contributed by atoms with Gasteiger partial charge in [-0.15, -0.1) is 11.3 Å². The number of nitrogens with one attached hydrogen (secondary N) is 1. The van der Waals surface area contributed by atoms with Crippen LogP contribution in [0, 0.1) is 12.8 Å².